The Kier molecular flexibility index (Phi) is 3.67. The molecule has 1 aromatic heterocycles. The molecule has 0 amide bonds. The van der Waals surface area contributed by atoms with E-state index in [2.05, 4.69) is 9.17 Å². The Bertz CT molecular complexity index is 699. The molecular weight excluding hydrogens is 295 g/mol. The molecule has 0 aliphatic heterocycles. The number of hydrogen-bond acceptors (Lipinski definition) is 4. The van der Waals surface area contributed by atoms with Crippen LogP contribution >= 0.6 is 0 Å². The summed E-state index contributed by atoms with van der Waals surface area (Å²) in [7, 11) is -4.36. The van der Waals surface area contributed by atoms with Crippen molar-refractivity contribution >= 4 is 10.1 Å². The summed E-state index contributed by atoms with van der Waals surface area (Å²) in [6.07, 6.45) is -2.38. The molecule has 2 rings (SSSR count). The summed E-state index contributed by atoms with van der Waals surface area (Å²) in [5.74, 6) is -0.774. The predicted octanol–water partition coefficient (Wildman–Crippen LogP) is 2.87. The maximum absolute atomic E-state index is 12.7. The van der Waals surface area contributed by atoms with Gasteiger partial charge in [-0.1, -0.05) is 12.1 Å². The summed E-state index contributed by atoms with van der Waals surface area (Å²) in [6, 6.07) is 6.60. The summed E-state index contributed by atoms with van der Waals surface area (Å²) in [5, 5.41) is 0. The van der Waals surface area contributed by atoms with E-state index in [1.807, 2.05) is 0 Å². The highest BCUT2D eigenvalue weighted by Crippen LogP contribution is 2.36. The Balaban J connectivity index is 2.41. The molecule has 1 aromatic carbocycles. The van der Waals surface area contributed by atoms with E-state index in [0.29, 0.717) is 0 Å². The predicted molar refractivity (Wildman–Crippen MR) is 63.5 cm³/mol. The van der Waals surface area contributed by atoms with Crippen LogP contribution in [-0.4, -0.2) is 13.4 Å². The third-order valence-corrected chi connectivity index (χ3v) is 3.53. The first-order valence-electron chi connectivity index (χ1n) is 5.31. The first-order valence-corrected chi connectivity index (χ1v) is 6.72. The van der Waals surface area contributed by atoms with Crippen molar-refractivity contribution in [1.29, 1.82) is 0 Å². The van der Waals surface area contributed by atoms with E-state index >= 15 is 0 Å². The van der Waals surface area contributed by atoms with Crippen LogP contribution in [0.5, 0.6) is 5.75 Å². The number of aromatic nitrogens is 1. The third kappa shape index (κ3) is 3.08. The summed E-state index contributed by atoms with van der Waals surface area (Å²) < 4.78 is 66.5. The minimum absolute atomic E-state index is 0.322. The van der Waals surface area contributed by atoms with Crippen LogP contribution in [0.3, 0.4) is 0 Å². The van der Waals surface area contributed by atoms with Gasteiger partial charge in [-0.25, -0.2) is 0 Å². The lowest BCUT2D eigenvalue weighted by molar-refractivity contribution is -0.138. The second-order valence-electron chi connectivity index (χ2n) is 3.72. The second kappa shape index (κ2) is 5.12. The molecule has 0 radical (unpaired) electrons. The zero-order valence-electron chi connectivity index (χ0n) is 9.83. The zero-order chi connectivity index (χ0) is 14.8. The van der Waals surface area contributed by atoms with Gasteiger partial charge in [0.1, 0.15) is 4.90 Å². The molecule has 0 aliphatic rings. The normalized spacial score (nSPS) is 12.2. The molecule has 20 heavy (non-hydrogen) atoms. The first kappa shape index (κ1) is 14.3. The minimum Gasteiger partial charge on any atom is -0.378 e. The van der Waals surface area contributed by atoms with Gasteiger partial charge in [0.25, 0.3) is 0 Å². The lowest BCUT2D eigenvalue weighted by Crippen LogP contribution is -2.14. The summed E-state index contributed by atoms with van der Waals surface area (Å²) in [6.45, 7) is 0. The Morgan fingerprint density at radius 3 is 2.35 bits per heavy atom. The van der Waals surface area contributed by atoms with Crippen molar-refractivity contribution in [2.24, 2.45) is 0 Å². The first-order chi connectivity index (χ1) is 9.31. The monoisotopic (exact) mass is 303 g/mol. The summed E-state index contributed by atoms with van der Waals surface area (Å²) in [5.41, 5.74) is -1.16. The van der Waals surface area contributed by atoms with E-state index < -0.39 is 27.6 Å². The van der Waals surface area contributed by atoms with Gasteiger partial charge < -0.3 is 4.18 Å². The van der Waals surface area contributed by atoms with Crippen molar-refractivity contribution < 1.29 is 25.8 Å². The van der Waals surface area contributed by atoms with E-state index in [4.69, 9.17) is 0 Å². The van der Waals surface area contributed by atoms with E-state index in [1.165, 1.54) is 24.4 Å². The Morgan fingerprint density at radius 1 is 1.05 bits per heavy atom. The average Bonchev–Trinajstić information content (AvgIpc) is 2.39. The molecule has 0 N–H and O–H groups in total. The summed E-state index contributed by atoms with van der Waals surface area (Å²) >= 11 is 0. The Hall–Kier alpha value is -2.09. The van der Waals surface area contributed by atoms with Crippen molar-refractivity contribution in [3.05, 3.63) is 54.4 Å². The van der Waals surface area contributed by atoms with Crippen molar-refractivity contribution in [3.63, 3.8) is 0 Å². The molecule has 2 aromatic rings. The van der Waals surface area contributed by atoms with Gasteiger partial charge in [-0.15, -0.1) is 0 Å². The lowest BCUT2D eigenvalue weighted by atomic mass is 10.2. The van der Waals surface area contributed by atoms with Crippen LogP contribution in [0.4, 0.5) is 13.2 Å². The number of nitrogens with zero attached hydrogens (tertiary/aromatic N) is 1. The molecule has 0 fully saturated rings. The van der Waals surface area contributed by atoms with E-state index in [9.17, 15) is 21.6 Å². The highest BCUT2D eigenvalue weighted by Gasteiger charge is 2.35. The van der Waals surface area contributed by atoms with E-state index in [1.54, 1.807) is 0 Å². The van der Waals surface area contributed by atoms with Gasteiger partial charge in [0.2, 0.25) is 0 Å². The molecule has 0 unspecified atom stereocenters. The molecule has 0 aliphatic carbocycles. The molecule has 4 nitrogen and oxygen atoms in total. The number of hydrogen-bond donors (Lipinski definition) is 0. The van der Waals surface area contributed by atoms with Crippen LogP contribution in [0.2, 0.25) is 0 Å². The molecule has 0 bridgehead atoms. The molecule has 0 atom stereocenters. The van der Waals surface area contributed by atoms with Crippen LogP contribution in [0.15, 0.2) is 53.7 Å². The fraction of sp³-hybridized carbons (Fsp3) is 0.0833. The lowest BCUT2D eigenvalue weighted by Gasteiger charge is -2.13. The molecular formula is C12H8F3NO3S. The van der Waals surface area contributed by atoms with Crippen LogP contribution in [0.25, 0.3) is 0 Å². The maximum Gasteiger partial charge on any atom is 0.420 e. The van der Waals surface area contributed by atoms with Crippen LogP contribution in [0, 0.1) is 0 Å². The number of benzene rings is 1. The highest BCUT2D eigenvalue weighted by atomic mass is 32.2. The Morgan fingerprint density at radius 2 is 1.75 bits per heavy atom. The van der Waals surface area contributed by atoms with Gasteiger partial charge in [-0.2, -0.15) is 21.6 Å². The van der Waals surface area contributed by atoms with Gasteiger partial charge in [0, 0.05) is 12.4 Å². The fourth-order valence-corrected chi connectivity index (χ4v) is 2.35. The van der Waals surface area contributed by atoms with Crippen LogP contribution in [-0.2, 0) is 16.3 Å². The smallest absolute Gasteiger partial charge is 0.378 e. The number of rotatable bonds is 3. The van der Waals surface area contributed by atoms with Gasteiger partial charge in [-0.05, 0) is 24.3 Å². The quantitative estimate of drug-likeness (QED) is 0.818. The highest BCUT2D eigenvalue weighted by molar-refractivity contribution is 7.87. The molecule has 0 saturated heterocycles. The van der Waals surface area contributed by atoms with Crippen molar-refractivity contribution in [2.45, 2.75) is 11.1 Å². The fourth-order valence-electron chi connectivity index (χ4n) is 1.43. The van der Waals surface area contributed by atoms with Gasteiger partial charge in [-0.3, -0.25) is 4.98 Å². The zero-order valence-corrected chi connectivity index (χ0v) is 10.6. The second-order valence-corrected chi connectivity index (χ2v) is 5.27. The minimum atomic E-state index is -4.71. The number of pyridine rings is 1. The number of para-hydroxylation sites is 1. The van der Waals surface area contributed by atoms with Crippen LogP contribution in [0.1, 0.15) is 5.56 Å². The van der Waals surface area contributed by atoms with Crippen molar-refractivity contribution in [3.8, 4) is 5.75 Å². The largest absolute Gasteiger partial charge is 0.420 e. The average molecular weight is 303 g/mol. The van der Waals surface area contributed by atoms with Crippen LogP contribution < -0.4 is 4.18 Å². The third-order valence-electron chi connectivity index (χ3n) is 2.32. The van der Waals surface area contributed by atoms with Gasteiger partial charge >= 0.3 is 16.3 Å². The Labute approximate surface area is 113 Å². The molecule has 0 saturated carbocycles. The standard InChI is InChI=1S/C12H8F3NO3S/c13-12(14,15)10-5-1-2-6-11(10)19-20(17,18)9-4-3-7-16-8-9/h1-8H. The topological polar surface area (TPSA) is 56.3 Å². The molecule has 0 spiro atoms. The SMILES string of the molecule is O=S(=O)(Oc1ccccc1C(F)(F)F)c1cccnc1. The van der Waals surface area contributed by atoms with Crippen molar-refractivity contribution in [2.75, 3.05) is 0 Å². The van der Waals surface area contributed by atoms with E-state index in [0.717, 1.165) is 24.4 Å². The van der Waals surface area contributed by atoms with E-state index in [-0.39, 0.29) is 4.90 Å². The molecule has 1 heterocycles. The maximum atomic E-state index is 12.7. The number of halogens is 3. The van der Waals surface area contributed by atoms with Gasteiger partial charge in [0.15, 0.2) is 5.75 Å². The summed E-state index contributed by atoms with van der Waals surface area (Å²) in [4.78, 5) is 3.26. The number of alkyl halides is 3. The molecule has 106 valence electrons. The van der Waals surface area contributed by atoms with Crippen molar-refractivity contribution in [1.82, 2.24) is 4.98 Å². The van der Waals surface area contributed by atoms with Gasteiger partial charge in [0.05, 0.1) is 5.56 Å². The molecule has 8 heteroatoms.